The van der Waals surface area contributed by atoms with Crippen LogP contribution in [-0.2, 0) is 19.3 Å². The number of hydrogen-bond acceptors (Lipinski definition) is 2. The van der Waals surface area contributed by atoms with Gasteiger partial charge in [0.2, 0.25) is 0 Å². The van der Waals surface area contributed by atoms with E-state index in [-0.39, 0.29) is 5.91 Å². The zero-order valence-corrected chi connectivity index (χ0v) is 11.4. The van der Waals surface area contributed by atoms with Crippen LogP contribution in [0.25, 0.3) is 0 Å². The number of nitrogens with one attached hydrogen (secondary N) is 1. The van der Waals surface area contributed by atoms with E-state index in [0.29, 0.717) is 12.2 Å². The lowest BCUT2D eigenvalue weighted by Crippen LogP contribution is -2.26. The Hall–Kier alpha value is -2.16. The highest BCUT2D eigenvalue weighted by molar-refractivity contribution is 5.92. The highest BCUT2D eigenvalue weighted by Gasteiger charge is 2.11. The van der Waals surface area contributed by atoms with Crippen molar-refractivity contribution in [3.63, 3.8) is 0 Å². The van der Waals surface area contributed by atoms with Crippen LogP contribution in [0.15, 0.2) is 42.6 Å². The summed E-state index contributed by atoms with van der Waals surface area (Å²) in [6.07, 6.45) is 6.19. The zero-order chi connectivity index (χ0) is 13.8. The Morgan fingerprint density at radius 3 is 2.90 bits per heavy atom. The lowest BCUT2D eigenvalue weighted by atomic mass is 10.0. The second-order valence-electron chi connectivity index (χ2n) is 5.18. The molecule has 0 saturated heterocycles. The average Bonchev–Trinajstić information content (AvgIpc) is 2.95. The van der Waals surface area contributed by atoms with Gasteiger partial charge in [-0.05, 0) is 54.5 Å². The summed E-state index contributed by atoms with van der Waals surface area (Å²) in [7, 11) is 0. The van der Waals surface area contributed by atoms with Gasteiger partial charge in [0.25, 0.3) is 5.91 Å². The van der Waals surface area contributed by atoms with Crippen LogP contribution < -0.4 is 5.32 Å². The topological polar surface area (TPSA) is 42.0 Å². The van der Waals surface area contributed by atoms with Gasteiger partial charge in [-0.2, -0.15) is 0 Å². The molecule has 1 aromatic heterocycles. The van der Waals surface area contributed by atoms with E-state index in [1.807, 2.05) is 6.07 Å². The molecule has 102 valence electrons. The predicted octanol–water partition coefficient (Wildman–Crippen LogP) is 2.54. The zero-order valence-electron chi connectivity index (χ0n) is 11.4. The molecule has 1 aliphatic carbocycles. The van der Waals surface area contributed by atoms with E-state index < -0.39 is 0 Å². The van der Waals surface area contributed by atoms with Crippen molar-refractivity contribution in [1.82, 2.24) is 10.3 Å². The van der Waals surface area contributed by atoms with Crippen molar-refractivity contribution < 1.29 is 4.79 Å². The Morgan fingerprint density at radius 1 is 1.15 bits per heavy atom. The standard InChI is InChI=1S/C17H18N2O/c20-17(16-6-1-2-10-18-16)19-11-9-13-7-8-14-4-3-5-15(14)12-13/h1-2,6-8,10,12H,3-5,9,11H2,(H,19,20). The predicted molar refractivity (Wildman–Crippen MR) is 78.7 cm³/mol. The maximum absolute atomic E-state index is 11.8. The summed E-state index contributed by atoms with van der Waals surface area (Å²) in [5, 5.41) is 2.91. The third-order valence-electron chi connectivity index (χ3n) is 3.76. The van der Waals surface area contributed by atoms with Gasteiger partial charge < -0.3 is 5.32 Å². The largest absolute Gasteiger partial charge is 0.350 e. The van der Waals surface area contributed by atoms with Crippen LogP contribution in [0.3, 0.4) is 0 Å². The highest BCUT2D eigenvalue weighted by atomic mass is 16.1. The van der Waals surface area contributed by atoms with E-state index in [9.17, 15) is 4.79 Å². The molecular formula is C17H18N2O. The molecule has 1 amide bonds. The van der Waals surface area contributed by atoms with E-state index in [0.717, 1.165) is 6.42 Å². The summed E-state index contributed by atoms with van der Waals surface area (Å²) in [5.41, 5.74) is 4.75. The number of aromatic nitrogens is 1. The summed E-state index contributed by atoms with van der Waals surface area (Å²) in [6, 6.07) is 12.1. The molecule has 0 fully saturated rings. The summed E-state index contributed by atoms with van der Waals surface area (Å²) < 4.78 is 0. The summed E-state index contributed by atoms with van der Waals surface area (Å²) in [6.45, 7) is 0.647. The molecule has 0 atom stereocenters. The number of carbonyl (C=O) groups is 1. The van der Waals surface area contributed by atoms with Crippen LogP contribution in [-0.4, -0.2) is 17.4 Å². The number of hydrogen-bond donors (Lipinski definition) is 1. The van der Waals surface area contributed by atoms with Gasteiger partial charge in [0.1, 0.15) is 5.69 Å². The number of rotatable bonds is 4. The molecule has 0 radical (unpaired) electrons. The minimum Gasteiger partial charge on any atom is -0.350 e. The Morgan fingerprint density at radius 2 is 2.05 bits per heavy atom. The van der Waals surface area contributed by atoms with Gasteiger partial charge in [0.05, 0.1) is 0 Å². The summed E-state index contributed by atoms with van der Waals surface area (Å²) >= 11 is 0. The first kappa shape index (κ1) is 12.9. The molecule has 3 nitrogen and oxygen atoms in total. The van der Waals surface area contributed by atoms with Crippen molar-refractivity contribution >= 4 is 5.91 Å². The minimum atomic E-state index is -0.105. The molecule has 0 aliphatic heterocycles. The van der Waals surface area contributed by atoms with E-state index >= 15 is 0 Å². The fourth-order valence-electron chi connectivity index (χ4n) is 2.69. The molecule has 1 heterocycles. The number of amides is 1. The molecular weight excluding hydrogens is 248 g/mol. The van der Waals surface area contributed by atoms with Crippen molar-refractivity contribution in [1.29, 1.82) is 0 Å². The molecule has 20 heavy (non-hydrogen) atoms. The molecule has 1 aromatic carbocycles. The lowest BCUT2D eigenvalue weighted by molar-refractivity contribution is 0.0949. The molecule has 1 N–H and O–H groups in total. The van der Waals surface area contributed by atoms with Gasteiger partial charge in [-0.25, -0.2) is 0 Å². The van der Waals surface area contributed by atoms with Crippen LogP contribution in [0.5, 0.6) is 0 Å². The van der Waals surface area contributed by atoms with Gasteiger partial charge in [0, 0.05) is 12.7 Å². The van der Waals surface area contributed by atoms with Crippen LogP contribution >= 0.6 is 0 Å². The maximum Gasteiger partial charge on any atom is 0.269 e. The van der Waals surface area contributed by atoms with Gasteiger partial charge in [-0.15, -0.1) is 0 Å². The van der Waals surface area contributed by atoms with E-state index in [1.54, 1.807) is 18.3 Å². The van der Waals surface area contributed by atoms with Crippen molar-refractivity contribution in [3.8, 4) is 0 Å². The minimum absolute atomic E-state index is 0.105. The van der Waals surface area contributed by atoms with E-state index in [2.05, 4.69) is 28.5 Å². The molecule has 1 aliphatic rings. The molecule has 3 rings (SSSR count). The van der Waals surface area contributed by atoms with Gasteiger partial charge in [0.15, 0.2) is 0 Å². The highest BCUT2D eigenvalue weighted by Crippen LogP contribution is 2.22. The van der Waals surface area contributed by atoms with Crippen molar-refractivity contribution in [2.75, 3.05) is 6.54 Å². The Bertz CT molecular complexity index is 608. The first-order valence-corrected chi connectivity index (χ1v) is 7.13. The first-order chi connectivity index (χ1) is 9.83. The molecule has 3 heteroatoms. The van der Waals surface area contributed by atoms with E-state index in [1.165, 1.54) is 36.0 Å². The fraction of sp³-hybridized carbons (Fsp3) is 0.294. The SMILES string of the molecule is O=C(NCCc1ccc2c(c1)CCC2)c1ccccn1. The summed E-state index contributed by atoms with van der Waals surface area (Å²) in [4.78, 5) is 15.9. The first-order valence-electron chi connectivity index (χ1n) is 7.13. The van der Waals surface area contributed by atoms with Gasteiger partial charge in [-0.1, -0.05) is 24.3 Å². The van der Waals surface area contributed by atoms with E-state index in [4.69, 9.17) is 0 Å². The Labute approximate surface area is 119 Å². The molecule has 0 bridgehead atoms. The molecule has 0 spiro atoms. The third kappa shape index (κ3) is 2.87. The van der Waals surface area contributed by atoms with Crippen LogP contribution in [0, 0.1) is 0 Å². The monoisotopic (exact) mass is 266 g/mol. The third-order valence-corrected chi connectivity index (χ3v) is 3.76. The smallest absolute Gasteiger partial charge is 0.269 e. The number of fused-ring (bicyclic) bond motifs is 1. The number of benzene rings is 1. The lowest BCUT2D eigenvalue weighted by Gasteiger charge is -2.07. The quantitative estimate of drug-likeness (QED) is 0.924. The van der Waals surface area contributed by atoms with Crippen molar-refractivity contribution in [2.45, 2.75) is 25.7 Å². The van der Waals surface area contributed by atoms with Gasteiger partial charge >= 0.3 is 0 Å². The molecule has 0 saturated carbocycles. The van der Waals surface area contributed by atoms with Gasteiger partial charge in [-0.3, -0.25) is 9.78 Å². The van der Waals surface area contributed by atoms with Crippen LogP contribution in [0.1, 0.15) is 33.6 Å². The van der Waals surface area contributed by atoms with Crippen molar-refractivity contribution in [2.24, 2.45) is 0 Å². The average molecular weight is 266 g/mol. The number of aryl methyl sites for hydroxylation is 2. The Kier molecular flexibility index (Phi) is 3.77. The van der Waals surface area contributed by atoms with Crippen LogP contribution in [0.2, 0.25) is 0 Å². The second kappa shape index (κ2) is 5.87. The number of nitrogens with zero attached hydrogens (tertiary/aromatic N) is 1. The fourth-order valence-corrected chi connectivity index (χ4v) is 2.69. The number of pyridine rings is 1. The molecule has 2 aromatic rings. The maximum atomic E-state index is 11.8. The van der Waals surface area contributed by atoms with Crippen LogP contribution in [0.4, 0.5) is 0 Å². The van der Waals surface area contributed by atoms with Crippen molar-refractivity contribution in [3.05, 3.63) is 65.0 Å². The second-order valence-corrected chi connectivity index (χ2v) is 5.18. The molecule has 0 unspecified atom stereocenters. The number of carbonyl (C=O) groups excluding carboxylic acids is 1. The summed E-state index contributed by atoms with van der Waals surface area (Å²) in [5.74, 6) is -0.105. The normalized spacial score (nSPS) is 13.0. The Balaban J connectivity index is 1.54.